The van der Waals surface area contributed by atoms with E-state index in [9.17, 15) is 19.5 Å². The number of nitrogens with two attached hydrogens (primary N) is 2. The number of aliphatic carboxylic acids is 1. The number of thioether (sulfide) groups is 1. The quantitative estimate of drug-likeness (QED) is 0.0953. The van der Waals surface area contributed by atoms with Crippen LogP contribution in [-0.2, 0) is 25.8 Å². The molecular weight excluding hydrogens is 510 g/mol. The number of nitrogens with one attached hydrogen (secondary N) is 1. The Hall–Kier alpha value is -4.18. The molecule has 1 aromatic carbocycles. The maximum absolute atomic E-state index is 13.0. The second-order valence-electron chi connectivity index (χ2n) is 7.79. The van der Waals surface area contributed by atoms with Crippen molar-refractivity contribution in [1.82, 2.24) is 25.2 Å². The van der Waals surface area contributed by atoms with E-state index in [4.69, 9.17) is 16.4 Å². The summed E-state index contributed by atoms with van der Waals surface area (Å²) >= 11 is 2.46. The number of benzene rings is 1. The summed E-state index contributed by atoms with van der Waals surface area (Å²) in [6.07, 6.45) is 0. The van der Waals surface area contributed by atoms with Crippen LogP contribution in [-0.4, -0.2) is 72.8 Å². The third kappa shape index (κ3) is 3.89. The number of nitrogen functional groups attached to an aromatic ring is 2. The fourth-order valence-corrected chi connectivity index (χ4v) is 5.98. The number of hydrogen-bond acceptors (Lipinski definition) is 11. The van der Waals surface area contributed by atoms with E-state index in [1.165, 1.54) is 28.6 Å². The van der Waals surface area contributed by atoms with Gasteiger partial charge < -0.3 is 21.0 Å². The second kappa shape index (κ2) is 9.12. The summed E-state index contributed by atoms with van der Waals surface area (Å²) in [5.74, 6) is 3.75. The monoisotopic (exact) mass is 530 g/mol. The van der Waals surface area contributed by atoms with Gasteiger partial charge in [-0.15, -0.1) is 27.8 Å². The third-order valence-electron chi connectivity index (χ3n) is 5.65. The van der Waals surface area contributed by atoms with Gasteiger partial charge in [0.15, 0.2) is 10.8 Å². The summed E-state index contributed by atoms with van der Waals surface area (Å²) in [4.78, 5) is 49.3. The Labute approximate surface area is 211 Å². The van der Waals surface area contributed by atoms with Gasteiger partial charge in [0.25, 0.3) is 11.8 Å². The smallest absolute Gasteiger partial charge is 0.352 e. The molecule has 0 saturated carbocycles. The fourth-order valence-electron chi connectivity index (χ4n) is 4.09. The van der Waals surface area contributed by atoms with Crippen molar-refractivity contribution in [2.24, 2.45) is 5.16 Å². The van der Waals surface area contributed by atoms with E-state index in [2.05, 4.69) is 20.7 Å². The molecule has 0 radical (unpaired) electrons. The minimum absolute atomic E-state index is 0.128. The summed E-state index contributed by atoms with van der Waals surface area (Å²) in [6.45, 7) is 0.128. The number of nitrogens with zero attached hydrogens (tertiary/aromatic N) is 6. The summed E-state index contributed by atoms with van der Waals surface area (Å²) in [5.41, 5.74) is 7.46. The number of amides is 2. The number of carboxylic acids is 1. The van der Waals surface area contributed by atoms with E-state index in [1.54, 1.807) is 16.1 Å². The Balaban J connectivity index is 1.38. The van der Waals surface area contributed by atoms with E-state index in [0.29, 0.717) is 16.8 Å². The molecule has 0 spiro atoms. The minimum atomic E-state index is -1.25. The summed E-state index contributed by atoms with van der Waals surface area (Å²) in [5, 5.41) is 21.7. The van der Waals surface area contributed by atoms with Gasteiger partial charge in [0.2, 0.25) is 11.0 Å². The van der Waals surface area contributed by atoms with Crippen LogP contribution in [0.15, 0.2) is 46.1 Å². The maximum atomic E-state index is 13.0. The van der Waals surface area contributed by atoms with Gasteiger partial charge in [0.1, 0.15) is 41.7 Å². The van der Waals surface area contributed by atoms with Crippen molar-refractivity contribution in [3.63, 3.8) is 0 Å². The molecule has 2 atom stereocenters. The van der Waals surface area contributed by atoms with E-state index in [0.717, 1.165) is 16.9 Å². The number of carbonyl (C=O) groups excluding carboxylic acids is 2. The largest absolute Gasteiger partial charge is 0.477 e. The van der Waals surface area contributed by atoms with Crippen LogP contribution >= 0.6 is 23.1 Å². The summed E-state index contributed by atoms with van der Waals surface area (Å²) in [7, 11) is 1.27. The molecule has 36 heavy (non-hydrogen) atoms. The predicted octanol–water partition coefficient (Wildman–Crippen LogP) is -1.13. The van der Waals surface area contributed by atoms with Crippen LogP contribution in [0.25, 0.3) is 11.0 Å². The van der Waals surface area contributed by atoms with Crippen molar-refractivity contribution < 1.29 is 29.0 Å². The lowest BCUT2D eigenvalue weighted by atomic mass is 10.0. The van der Waals surface area contributed by atoms with Crippen LogP contribution < -0.4 is 21.6 Å². The number of thiazole rings is 1. The van der Waals surface area contributed by atoms with E-state index >= 15 is 0 Å². The number of rotatable bonds is 7. The van der Waals surface area contributed by atoms with Crippen LogP contribution in [0.1, 0.15) is 5.69 Å². The van der Waals surface area contributed by atoms with Crippen molar-refractivity contribution in [3.05, 3.63) is 46.6 Å². The zero-order valence-corrected chi connectivity index (χ0v) is 20.3. The van der Waals surface area contributed by atoms with Crippen molar-refractivity contribution in [2.75, 3.05) is 24.4 Å². The first-order valence-corrected chi connectivity index (χ1v) is 12.4. The van der Waals surface area contributed by atoms with Gasteiger partial charge in [-0.3, -0.25) is 14.5 Å². The molecule has 16 heteroatoms. The highest BCUT2D eigenvalue weighted by Crippen LogP contribution is 2.40. The molecule has 4 heterocycles. The van der Waals surface area contributed by atoms with Gasteiger partial charge in [-0.05, 0) is 16.9 Å². The average Bonchev–Trinajstić information content (AvgIpc) is 3.43. The molecular formula is C20H20N9O5S2+. The summed E-state index contributed by atoms with van der Waals surface area (Å²) < 4.78 is 1.59. The Morgan fingerprint density at radius 2 is 2.17 bits per heavy atom. The van der Waals surface area contributed by atoms with Crippen LogP contribution in [0, 0.1) is 0 Å². The Bertz CT molecular complexity index is 1460. The number of carboxylic acid groups (broad SMARTS) is 1. The van der Waals surface area contributed by atoms with Crippen molar-refractivity contribution >= 4 is 62.8 Å². The molecule has 0 unspecified atom stereocenters. The molecule has 6 N–H and O–H groups in total. The average molecular weight is 531 g/mol. The van der Waals surface area contributed by atoms with E-state index in [-0.39, 0.29) is 28.8 Å². The fraction of sp³-hybridized carbons (Fsp3) is 0.250. The lowest BCUT2D eigenvalue weighted by Gasteiger charge is -2.49. The number of hydrogen-bond donors (Lipinski definition) is 4. The maximum Gasteiger partial charge on any atom is 0.352 e. The first-order valence-electron chi connectivity index (χ1n) is 10.5. The first-order chi connectivity index (χ1) is 17.3. The third-order valence-corrected chi connectivity index (χ3v) is 7.66. The van der Waals surface area contributed by atoms with Gasteiger partial charge in [-0.2, -0.15) is 0 Å². The Kier molecular flexibility index (Phi) is 5.97. The number of anilines is 1. The zero-order chi connectivity index (χ0) is 25.6. The molecule has 2 aliphatic rings. The molecule has 14 nitrogen and oxygen atoms in total. The second-order valence-corrected chi connectivity index (χ2v) is 9.79. The van der Waals surface area contributed by atoms with Gasteiger partial charge >= 0.3 is 5.97 Å². The standard InChI is InChI=1S/C20H19N9O5S2/c1-34-25-13(10-8-36-20(21)23-10)16(30)24-14-17(31)28-15(19(32)33)9(7-35-18(14)28)6-27-11-4-2-3-5-12(11)29(22)26-27/h2-5,8,14,18H,6-7H2,1H3,(H5-,21,22,23,24,26,30,32,33)/p+1/b25-13-/t14-,18-/m1/s1. The molecule has 1 saturated heterocycles. The first kappa shape index (κ1) is 23.6. The number of oxime groups is 1. The van der Waals surface area contributed by atoms with Gasteiger partial charge in [-0.25, -0.2) is 15.6 Å². The molecule has 0 bridgehead atoms. The Morgan fingerprint density at radius 3 is 2.86 bits per heavy atom. The topological polar surface area (TPSA) is 195 Å². The van der Waals surface area contributed by atoms with Crippen molar-refractivity contribution in [1.29, 1.82) is 0 Å². The minimum Gasteiger partial charge on any atom is -0.477 e. The lowest BCUT2D eigenvalue weighted by Crippen LogP contribution is -2.71. The van der Waals surface area contributed by atoms with Crippen LogP contribution in [0.3, 0.4) is 0 Å². The molecule has 186 valence electrons. The lowest BCUT2D eigenvalue weighted by molar-refractivity contribution is -0.725. The number of para-hydroxylation sites is 2. The van der Waals surface area contributed by atoms with Crippen LogP contribution in [0.2, 0.25) is 0 Å². The highest BCUT2D eigenvalue weighted by atomic mass is 32.2. The van der Waals surface area contributed by atoms with Crippen molar-refractivity contribution in [3.8, 4) is 0 Å². The molecule has 0 aliphatic carbocycles. The van der Waals surface area contributed by atoms with E-state index in [1.807, 2.05) is 18.2 Å². The number of carbonyl (C=O) groups is 3. The number of aromatic nitrogens is 4. The van der Waals surface area contributed by atoms with Crippen molar-refractivity contribution in [2.45, 2.75) is 18.0 Å². The molecule has 2 amide bonds. The normalized spacial score (nSPS) is 19.8. The molecule has 2 aromatic heterocycles. The zero-order valence-electron chi connectivity index (χ0n) is 18.7. The molecule has 5 rings (SSSR count). The highest BCUT2D eigenvalue weighted by Gasteiger charge is 2.54. The van der Waals surface area contributed by atoms with Crippen LogP contribution in [0.5, 0.6) is 0 Å². The molecule has 1 fully saturated rings. The summed E-state index contributed by atoms with van der Waals surface area (Å²) in [6, 6.07) is 6.31. The van der Waals surface area contributed by atoms with E-state index < -0.39 is 29.2 Å². The highest BCUT2D eigenvalue weighted by molar-refractivity contribution is 8.00. The number of fused-ring (bicyclic) bond motifs is 2. The molecule has 3 aromatic rings. The molecule has 2 aliphatic heterocycles. The van der Waals surface area contributed by atoms with Crippen LogP contribution in [0.4, 0.5) is 5.13 Å². The Morgan fingerprint density at radius 1 is 1.39 bits per heavy atom. The van der Waals surface area contributed by atoms with Gasteiger partial charge in [0.05, 0.1) is 0 Å². The van der Waals surface area contributed by atoms with Gasteiger partial charge in [0, 0.05) is 16.7 Å². The predicted molar refractivity (Wildman–Crippen MR) is 130 cm³/mol. The number of β-lactam (4-membered cyclic amide) rings is 1. The SMILES string of the molecule is CO/N=C(\C(=O)N[C@@H]1C(=O)N2C(C(=O)O)=C(C[n+]3nn(N)c4ccccc43)CS[C@H]12)c1csc(N)n1. The van der Waals surface area contributed by atoms with Gasteiger partial charge in [-0.1, -0.05) is 17.3 Å².